The lowest BCUT2D eigenvalue weighted by atomic mass is 10.2. The smallest absolute Gasteiger partial charge is 0.0558 e. The Bertz CT molecular complexity index is 386. The van der Waals surface area contributed by atoms with Crippen molar-refractivity contribution in [3.8, 4) is 11.8 Å². The predicted molar refractivity (Wildman–Crippen MR) is 75.6 cm³/mol. The standard InChI is InChI=1S/C14H21NO2S/c1-2-7-15(8-10-17)12-14-13(6-11-18-14)5-3-4-9-16/h6,11,16-17H,2,4,7-10,12H2,1H3. The van der Waals surface area contributed by atoms with Gasteiger partial charge in [0.05, 0.1) is 13.2 Å². The van der Waals surface area contributed by atoms with Crippen molar-refractivity contribution in [3.05, 3.63) is 21.9 Å². The van der Waals surface area contributed by atoms with Gasteiger partial charge in [0.25, 0.3) is 0 Å². The van der Waals surface area contributed by atoms with Crippen molar-refractivity contribution in [3.63, 3.8) is 0 Å². The average molecular weight is 267 g/mol. The second-order valence-electron chi connectivity index (χ2n) is 4.03. The summed E-state index contributed by atoms with van der Waals surface area (Å²) in [6, 6.07) is 2.02. The molecule has 0 aromatic carbocycles. The van der Waals surface area contributed by atoms with E-state index in [1.165, 1.54) is 4.88 Å². The first-order chi connectivity index (χ1) is 8.81. The van der Waals surface area contributed by atoms with Gasteiger partial charge < -0.3 is 10.2 Å². The van der Waals surface area contributed by atoms with Crippen LogP contribution in [0.5, 0.6) is 0 Å². The van der Waals surface area contributed by atoms with Crippen LogP contribution in [0.15, 0.2) is 11.4 Å². The van der Waals surface area contributed by atoms with E-state index in [9.17, 15) is 0 Å². The second-order valence-corrected chi connectivity index (χ2v) is 5.03. The lowest BCUT2D eigenvalue weighted by Gasteiger charge is -2.19. The molecule has 1 aromatic heterocycles. The third kappa shape index (κ3) is 5.19. The van der Waals surface area contributed by atoms with Gasteiger partial charge in [-0.05, 0) is 24.4 Å². The Morgan fingerprint density at radius 3 is 2.78 bits per heavy atom. The highest BCUT2D eigenvalue weighted by Gasteiger charge is 2.08. The fourth-order valence-electron chi connectivity index (χ4n) is 1.72. The van der Waals surface area contributed by atoms with Crippen LogP contribution in [-0.4, -0.2) is 41.4 Å². The molecule has 3 nitrogen and oxygen atoms in total. The van der Waals surface area contributed by atoms with Crippen LogP contribution in [0.1, 0.15) is 30.2 Å². The molecule has 0 bridgehead atoms. The summed E-state index contributed by atoms with van der Waals surface area (Å²) in [4.78, 5) is 3.48. The summed E-state index contributed by atoms with van der Waals surface area (Å²) in [6.07, 6.45) is 1.60. The Labute approximate surface area is 113 Å². The van der Waals surface area contributed by atoms with Crippen molar-refractivity contribution in [1.82, 2.24) is 4.90 Å². The maximum absolute atomic E-state index is 9.04. The molecule has 1 rings (SSSR count). The summed E-state index contributed by atoms with van der Waals surface area (Å²) in [7, 11) is 0. The van der Waals surface area contributed by atoms with Gasteiger partial charge >= 0.3 is 0 Å². The predicted octanol–water partition coefficient (Wildman–Crippen LogP) is 1.69. The topological polar surface area (TPSA) is 43.7 Å². The van der Waals surface area contributed by atoms with E-state index in [1.807, 2.05) is 11.4 Å². The van der Waals surface area contributed by atoms with E-state index in [-0.39, 0.29) is 13.2 Å². The van der Waals surface area contributed by atoms with Gasteiger partial charge in [-0.2, -0.15) is 0 Å². The zero-order valence-electron chi connectivity index (χ0n) is 10.9. The Morgan fingerprint density at radius 1 is 1.28 bits per heavy atom. The van der Waals surface area contributed by atoms with Crippen LogP contribution in [-0.2, 0) is 6.54 Å². The molecule has 0 atom stereocenters. The first kappa shape index (κ1) is 15.2. The summed E-state index contributed by atoms with van der Waals surface area (Å²) in [5.41, 5.74) is 1.05. The molecule has 0 saturated carbocycles. The molecular formula is C14H21NO2S. The summed E-state index contributed by atoms with van der Waals surface area (Å²) in [6.45, 7) is 4.98. The van der Waals surface area contributed by atoms with E-state index in [4.69, 9.17) is 10.2 Å². The van der Waals surface area contributed by atoms with Gasteiger partial charge in [0.1, 0.15) is 0 Å². The van der Waals surface area contributed by atoms with Crippen LogP contribution in [0, 0.1) is 11.8 Å². The van der Waals surface area contributed by atoms with Crippen LogP contribution in [0.25, 0.3) is 0 Å². The second kappa shape index (κ2) is 9.12. The van der Waals surface area contributed by atoms with Gasteiger partial charge in [0.15, 0.2) is 0 Å². The van der Waals surface area contributed by atoms with E-state index in [0.29, 0.717) is 13.0 Å². The minimum atomic E-state index is 0.110. The van der Waals surface area contributed by atoms with Crippen LogP contribution in [0.3, 0.4) is 0 Å². The molecule has 1 aromatic rings. The van der Waals surface area contributed by atoms with Crippen LogP contribution in [0.2, 0.25) is 0 Å². The summed E-state index contributed by atoms with van der Waals surface area (Å²) in [5.74, 6) is 6.05. The molecule has 4 heteroatoms. The van der Waals surface area contributed by atoms with Gasteiger partial charge in [-0.15, -0.1) is 11.3 Å². The maximum atomic E-state index is 9.04. The minimum Gasteiger partial charge on any atom is -0.395 e. The maximum Gasteiger partial charge on any atom is 0.0558 e. The first-order valence-corrected chi connectivity index (χ1v) is 7.19. The molecule has 0 spiro atoms. The zero-order chi connectivity index (χ0) is 13.2. The molecule has 0 aliphatic heterocycles. The first-order valence-electron chi connectivity index (χ1n) is 6.31. The van der Waals surface area contributed by atoms with Gasteiger partial charge in [-0.25, -0.2) is 0 Å². The summed E-state index contributed by atoms with van der Waals surface area (Å²) >= 11 is 1.70. The van der Waals surface area contributed by atoms with Gasteiger partial charge in [-0.3, -0.25) is 4.90 Å². The molecule has 0 fully saturated rings. The summed E-state index contributed by atoms with van der Waals surface area (Å²) in [5, 5.41) is 19.8. The Hall–Kier alpha value is -0.860. The van der Waals surface area contributed by atoms with Crippen molar-refractivity contribution in [1.29, 1.82) is 0 Å². The fourth-order valence-corrected chi connectivity index (χ4v) is 2.59. The van der Waals surface area contributed by atoms with Crippen molar-refractivity contribution < 1.29 is 10.2 Å². The molecule has 100 valence electrons. The number of hydrogen-bond acceptors (Lipinski definition) is 4. The largest absolute Gasteiger partial charge is 0.395 e. The SMILES string of the molecule is CCCN(CCO)Cc1sccc1C#CCCO. The van der Waals surface area contributed by atoms with E-state index >= 15 is 0 Å². The van der Waals surface area contributed by atoms with Crippen LogP contribution >= 0.6 is 11.3 Å². The number of aliphatic hydroxyl groups is 2. The Balaban J connectivity index is 2.65. The van der Waals surface area contributed by atoms with E-state index < -0.39 is 0 Å². The summed E-state index contributed by atoms with van der Waals surface area (Å²) < 4.78 is 0. The molecular weight excluding hydrogens is 246 g/mol. The third-order valence-corrected chi connectivity index (χ3v) is 3.43. The number of hydrogen-bond donors (Lipinski definition) is 2. The van der Waals surface area contributed by atoms with Crippen molar-refractivity contribution in [2.75, 3.05) is 26.3 Å². The number of aliphatic hydroxyl groups excluding tert-OH is 2. The number of nitrogens with zero attached hydrogens (tertiary/aromatic N) is 1. The molecule has 1 heterocycles. The van der Waals surface area contributed by atoms with E-state index in [1.54, 1.807) is 11.3 Å². The molecule has 18 heavy (non-hydrogen) atoms. The lowest BCUT2D eigenvalue weighted by Crippen LogP contribution is -2.27. The van der Waals surface area contributed by atoms with Gasteiger partial charge in [0, 0.05) is 30.0 Å². The van der Waals surface area contributed by atoms with Crippen molar-refractivity contribution in [2.45, 2.75) is 26.3 Å². The highest BCUT2D eigenvalue weighted by Crippen LogP contribution is 2.18. The van der Waals surface area contributed by atoms with E-state index in [2.05, 4.69) is 23.7 Å². The normalized spacial score (nSPS) is 10.4. The van der Waals surface area contributed by atoms with Gasteiger partial charge in [-0.1, -0.05) is 18.8 Å². The van der Waals surface area contributed by atoms with Gasteiger partial charge in [0.2, 0.25) is 0 Å². The van der Waals surface area contributed by atoms with Crippen LogP contribution < -0.4 is 0 Å². The molecule has 0 saturated heterocycles. The quantitative estimate of drug-likeness (QED) is 0.739. The molecule has 0 aliphatic carbocycles. The fraction of sp³-hybridized carbons (Fsp3) is 0.571. The monoisotopic (exact) mass is 267 g/mol. The average Bonchev–Trinajstić information content (AvgIpc) is 2.78. The molecule has 0 amide bonds. The van der Waals surface area contributed by atoms with Crippen LogP contribution in [0.4, 0.5) is 0 Å². The minimum absolute atomic E-state index is 0.110. The number of thiophene rings is 1. The van der Waals surface area contributed by atoms with Crippen molar-refractivity contribution >= 4 is 11.3 Å². The number of rotatable bonds is 7. The highest BCUT2D eigenvalue weighted by molar-refractivity contribution is 7.10. The zero-order valence-corrected chi connectivity index (χ0v) is 11.7. The molecule has 2 N–H and O–H groups in total. The Morgan fingerprint density at radius 2 is 2.11 bits per heavy atom. The lowest BCUT2D eigenvalue weighted by molar-refractivity contribution is 0.191. The third-order valence-electron chi connectivity index (χ3n) is 2.53. The molecule has 0 aliphatic rings. The van der Waals surface area contributed by atoms with Crippen molar-refractivity contribution in [2.24, 2.45) is 0 Å². The van der Waals surface area contributed by atoms with E-state index in [0.717, 1.165) is 25.1 Å². The Kier molecular flexibility index (Phi) is 7.70. The molecule has 0 unspecified atom stereocenters. The molecule has 0 radical (unpaired) electrons. The highest BCUT2D eigenvalue weighted by atomic mass is 32.1.